The monoisotopic (exact) mass is 264 g/mol. The van der Waals surface area contributed by atoms with Crippen molar-refractivity contribution in [1.82, 2.24) is 5.32 Å². The van der Waals surface area contributed by atoms with Gasteiger partial charge in [0.1, 0.15) is 0 Å². The third kappa shape index (κ3) is 2.54. The van der Waals surface area contributed by atoms with Gasteiger partial charge in [-0.3, -0.25) is 4.79 Å². The molecule has 3 fully saturated rings. The van der Waals surface area contributed by atoms with Gasteiger partial charge in [0.15, 0.2) is 0 Å². The maximum atomic E-state index is 12.4. The molecule has 0 aliphatic heterocycles. The number of carbonyl (C=O) groups excluding carboxylic acids is 1. The third-order valence-corrected chi connectivity index (χ3v) is 5.72. The van der Waals surface area contributed by atoms with Gasteiger partial charge in [-0.15, -0.1) is 0 Å². The molecule has 3 heteroatoms. The number of hydrogen-bond acceptors (Lipinski definition) is 2. The number of nitrogens with one attached hydrogen (secondary N) is 1. The van der Waals surface area contributed by atoms with Crippen molar-refractivity contribution < 1.29 is 4.79 Å². The quantitative estimate of drug-likeness (QED) is 0.800. The predicted molar refractivity (Wildman–Crippen MR) is 76.4 cm³/mol. The van der Waals surface area contributed by atoms with Crippen molar-refractivity contribution in [3.63, 3.8) is 0 Å². The Morgan fingerprint density at radius 1 is 1.32 bits per heavy atom. The predicted octanol–water partition coefficient (Wildman–Crippen LogP) is 2.30. The van der Waals surface area contributed by atoms with Crippen molar-refractivity contribution in [3.8, 4) is 0 Å². The van der Waals surface area contributed by atoms with Gasteiger partial charge in [-0.2, -0.15) is 0 Å². The van der Waals surface area contributed by atoms with Crippen LogP contribution in [0.5, 0.6) is 0 Å². The van der Waals surface area contributed by atoms with Gasteiger partial charge in [-0.25, -0.2) is 0 Å². The van der Waals surface area contributed by atoms with Gasteiger partial charge in [-0.1, -0.05) is 13.8 Å². The maximum absolute atomic E-state index is 12.4. The average molecular weight is 264 g/mol. The highest BCUT2D eigenvalue weighted by Crippen LogP contribution is 2.51. The van der Waals surface area contributed by atoms with E-state index in [-0.39, 0.29) is 17.9 Å². The minimum Gasteiger partial charge on any atom is -0.355 e. The van der Waals surface area contributed by atoms with Gasteiger partial charge in [0, 0.05) is 12.6 Å². The van der Waals surface area contributed by atoms with Crippen LogP contribution >= 0.6 is 0 Å². The Hall–Kier alpha value is -0.570. The zero-order valence-corrected chi connectivity index (χ0v) is 12.3. The van der Waals surface area contributed by atoms with Crippen molar-refractivity contribution in [1.29, 1.82) is 0 Å². The third-order valence-electron chi connectivity index (χ3n) is 5.72. The lowest BCUT2D eigenvalue weighted by Gasteiger charge is -2.28. The van der Waals surface area contributed by atoms with Crippen molar-refractivity contribution in [2.45, 2.75) is 58.4 Å². The molecule has 4 atom stereocenters. The summed E-state index contributed by atoms with van der Waals surface area (Å²) in [6, 6.07) is 0.124. The summed E-state index contributed by atoms with van der Waals surface area (Å²) in [6.07, 6.45) is 7.47. The van der Waals surface area contributed by atoms with Gasteiger partial charge in [-0.05, 0) is 61.7 Å². The molecule has 108 valence electrons. The molecule has 2 bridgehead atoms. The average Bonchev–Trinajstić information content (AvgIpc) is 2.82. The summed E-state index contributed by atoms with van der Waals surface area (Å²) in [4.78, 5) is 12.4. The molecule has 0 aromatic carbocycles. The topological polar surface area (TPSA) is 55.1 Å². The lowest BCUT2D eigenvalue weighted by Crippen LogP contribution is -2.46. The van der Waals surface area contributed by atoms with Crippen LogP contribution in [0.2, 0.25) is 0 Å². The van der Waals surface area contributed by atoms with Crippen LogP contribution < -0.4 is 11.1 Å². The van der Waals surface area contributed by atoms with Crippen LogP contribution in [-0.2, 0) is 4.79 Å². The first kappa shape index (κ1) is 13.4. The van der Waals surface area contributed by atoms with E-state index in [0.29, 0.717) is 17.3 Å². The molecule has 3 aliphatic rings. The zero-order chi connectivity index (χ0) is 13.6. The first-order valence-electron chi connectivity index (χ1n) is 8.04. The molecule has 3 nitrogen and oxygen atoms in total. The highest BCUT2D eigenvalue weighted by molar-refractivity contribution is 5.80. The summed E-state index contributed by atoms with van der Waals surface area (Å²) in [7, 11) is 0. The van der Waals surface area contributed by atoms with E-state index >= 15 is 0 Å². The molecule has 0 aromatic heterocycles. The van der Waals surface area contributed by atoms with E-state index in [2.05, 4.69) is 19.2 Å². The Balaban J connectivity index is 1.52. The number of carbonyl (C=O) groups is 1. The Bertz CT molecular complexity index is 360. The highest BCUT2D eigenvalue weighted by Gasteiger charge is 2.50. The smallest absolute Gasteiger partial charge is 0.224 e. The standard InChI is InChI=1S/C16H28N2O/c1-10(2)8-16(5-6-16)9-18-15(19)13-11-3-4-12(7-11)14(13)17/h10-14H,3-9,17H2,1-2H3,(H,18,19). The van der Waals surface area contributed by atoms with Crippen LogP contribution in [-0.4, -0.2) is 18.5 Å². The maximum Gasteiger partial charge on any atom is 0.224 e. The molecule has 0 heterocycles. The molecule has 3 rings (SSSR count). The lowest BCUT2D eigenvalue weighted by atomic mass is 9.84. The van der Waals surface area contributed by atoms with Crippen LogP contribution in [0.3, 0.4) is 0 Å². The number of hydrogen-bond donors (Lipinski definition) is 2. The molecular weight excluding hydrogens is 236 g/mol. The van der Waals surface area contributed by atoms with E-state index < -0.39 is 0 Å². The van der Waals surface area contributed by atoms with Crippen LogP contribution in [0.15, 0.2) is 0 Å². The van der Waals surface area contributed by atoms with Crippen molar-refractivity contribution in [2.75, 3.05) is 6.54 Å². The minimum atomic E-state index is 0.105. The number of fused-ring (bicyclic) bond motifs is 2. The van der Waals surface area contributed by atoms with E-state index in [9.17, 15) is 4.79 Å². The Labute approximate surface area is 116 Å². The number of rotatable bonds is 5. The highest BCUT2D eigenvalue weighted by atomic mass is 16.2. The fourth-order valence-corrected chi connectivity index (χ4v) is 4.61. The first-order valence-corrected chi connectivity index (χ1v) is 8.04. The van der Waals surface area contributed by atoms with Gasteiger partial charge in [0.25, 0.3) is 0 Å². The molecule has 19 heavy (non-hydrogen) atoms. The normalized spacial score (nSPS) is 38.7. The van der Waals surface area contributed by atoms with E-state index in [1.165, 1.54) is 38.5 Å². The molecule has 0 radical (unpaired) electrons. The second-order valence-corrected chi connectivity index (χ2v) is 7.75. The molecular formula is C16H28N2O. The van der Waals surface area contributed by atoms with Crippen molar-refractivity contribution >= 4 is 5.91 Å². The Morgan fingerprint density at radius 2 is 2.00 bits per heavy atom. The van der Waals surface area contributed by atoms with Gasteiger partial charge in [0.2, 0.25) is 5.91 Å². The number of amides is 1. The van der Waals surface area contributed by atoms with Gasteiger partial charge < -0.3 is 11.1 Å². The summed E-state index contributed by atoms with van der Waals surface area (Å²) < 4.78 is 0. The van der Waals surface area contributed by atoms with E-state index in [1.807, 2.05) is 0 Å². The summed E-state index contributed by atoms with van der Waals surface area (Å²) in [6.45, 7) is 5.42. The molecule has 0 spiro atoms. The summed E-state index contributed by atoms with van der Waals surface area (Å²) in [5.74, 6) is 2.26. The van der Waals surface area contributed by atoms with E-state index in [0.717, 1.165) is 12.5 Å². The molecule has 1 amide bonds. The van der Waals surface area contributed by atoms with Crippen LogP contribution in [0.1, 0.15) is 52.4 Å². The van der Waals surface area contributed by atoms with Crippen LogP contribution in [0.4, 0.5) is 0 Å². The molecule has 0 aromatic rings. The first-order chi connectivity index (χ1) is 9.01. The molecule has 4 unspecified atom stereocenters. The Morgan fingerprint density at radius 3 is 2.53 bits per heavy atom. The van der Waals surface area contributed by atoms with Crippen LogP contribution in [0.25, 0.3) is 0 Å². The molecule has 0 saturated heterocycles. The SMILES string of the molecule is CC(C)CC1(CNC(=O)C2C3CCC(C3)C2N)CC1. The number of nitrogens with two attached hydrogens (primary N) is 1. The zero-order valence-electron chi connectivity index (χ0n) is 12.3. The minimum absolute atomic E-state index is 0.105. The fourth-order valence-electron chi connectivity index (χ4n) is 4.61. The summed E-state index contributed by atoms with van der Waals surface area (Å²) in [5, 5.41) is 3.23. The van der Waals surface area contributed by atoms with Crippen molar-refractivity contribution in [2.24, 2.45) is 34.8 Å². The second-order valence-electron chi connectivity index (χ2n) is 7.75. The molecule has 3 N–H and O–H groups in total. The van der Waals surface area contributed by atoms with Crippen molar-refractivity contribution in [3.05, 3.63) is 0 Å². The summed E-state index contributed by atoms with van der Waals surface area (Å²) in [5.41, 5.74) is 6.66. The summed E-state index contributed by atoms with van der Waals surface area (Å²) >= 11 is 0. The fraction of sp³-hybridized carbons (Fsp3) is 0.938. The second kappa shape index (κ2) is 4.76. The van der Waals surface area contributed by atoms with Gasteiger partial charge >= 0.3 is 0 Å². The molecule has 3 aliphatic carbocycles. The van der Waals surface area contributed by atoms with E-state index in [1.54, 1.807) is 0 Å². The van der Waals surface area contributed by atoms with Crippen LogP contribution in [0, 0.1) is 29.1 Å². The largest absolute Gasteiger partial charge is 0.355 e. The van der Waals surface area contributed by atoms with E-state index in [4.69, 9.17) is 5.73 Å². The Kier molecular flexibility index (Phi) is 3.36. The van der Waals surface area contributed by atoms with Gasteiger partial charge in [0.05, 0.1) is 5.92 Å². The lowest BCUT2D eigenvalue weighted by molar-refractivity contribution is -0.127. The molecule has 3 saturated carbocycles.